The zero-order chi connectivity index (χ0) is 37.7. The third-order valence-corrected chi connectivity index (χ3v) is 14.6. The molecular formula is C54H40N2S. The van der Waals surface area contributed by atoms with E-state index < -0.39 is 5.41 Å². The molecule has 1 aromatic heterocycles. The minimum atomic E-state index is -0.445. The van der Waals surface area contributed by atoms with Gasteiger partial charge in [0.15, 0.2) is 5.82 Å². The Morgan fingerprint density at radius 1 is 0.684 bits per heavy atom. The van der Waals surface area contributed by atoms with Gasteiger partial charge in [0.2, 0.25) is 0 Å². The van der Waals surface area contributed by atoms with Gasteiger partial charge in [-0.05, 0) is 86.5 Å². The molecule has 5 aromatic carbocycles. The lowest BCUT2D eigenvalue weighted by atomic mass is 9.63. The first-order valence-corrected chi connectivity index (χ1v) is 21.3. The van der Waals surface area contributed by atoms with Crippen LogP contribution < -0.4 is 0 Å². The minimum absolute atomic E-state index is 0.311. The summed E-state index contributed by atoms with van der Waals surface area (Å²) in [5, 5.41) is 2.62. The van der Waals surface area contributed by atoms with Crippen molar-refractivity contribution in [1.82, 2.24) is 9.97 Å². The van der Waals surface area contributed by atoms with Crippen LogP contribution in [0.1, 0.15) is 53.3 Å². The lowest BCUT2D eigenvalue weighted by molar-refractivity contribution is 0.615. The van der Waals surface area contributed by atoms with E-state index in [0.29, 0.717) is 17.8 Å². The highest BCUT2D eigenvalue weighted by atomic mass is 32.2. The van der Waals surface area contributed by atoms with E-state index in [1.807, 2.05) is 11.8 Å². The molecule has 3 heteroatoms. The van der Waals surface area contributed by atoms with E-state index >= 15 is 0 Å². The van der Waals surface area contributed by atoms with Gasteiger partial charge in [-0.25, -0.2) is 9.97 Å². The summed E-state index contributed by atoms with van der Waals surface area (Å²) in [7, 11) is 0. The van der Waals surface area contributed by atoms with Crippen molar-refractivity contribution in [3.05, 3.63) is 208 Å². The molecule has 0 amide bonds. The molecule has 12 rings (SSSR count). The molecule has 57 heavy (non-hydrogen) atoms. The van der Waals surface area contributed by atoms with Crippen LogP contribution in [0.25, 0.3) is 56.2 Å². The molecule has 272 valence electrons. The van der Waals surface area contributed by atoms with Gasteiger partial charge in [-0.1, -0.05) is 183 Å². The Hall–Kier alpha value is -6.03. The number of fused-ring (bicyclic) bond motifs is 13. The molecule has 6 aromatic rings. The quantitative estimate of drug-likeness (QED) is 0.180. The summed E-state index contributed by atoms with van der Waals surface area (Å²) in [4.78, 5) is 13.5. The lowest BCUT2D eigenvalue weighted by Gasteiger charge is -2.44. The predicted octanol–water partition coefficient (Wildman–Crippen LogP) is 13.5. The molecule has 1 aliphatic heterocycles. The minimum Gasteiger partial charge on any atom is -0.232 e. The van der Waals surface area contributed by atoms with E-state index in [1.54, 1.807) is 0 Å². The number of allylic oxidation sites excluding steroid dienone is 13. The zero-order valence-corrected chi connectivity index (χ0v) is 32.6. The monoisotopic (exact) mass is 748 g/mol. The van der Waals surface area contributed by atoms with Gasteiger partial charge in [-0.3, -0.25) is 0 Å². The highest BCUT2D eigenvalue weighted by molar-refractivity contribution is 8.03. The van der Waals surface area contributed by atoms with Gasteiger partial charge in [-0.2, -0.15) is 0 Å². The first-order valence-electron chi connectivity index (χ1n) is 20.4. The largest absolute Gasteiger partial charge is 0.232 e. The number of nitrogens with zero attached hydrogens (tertiary/aromatic N) is 2. The van der Waals surface area contributed by atoms with Crippen molar-refractivity contribution in [2.24, 2.45) is 17.8 Å². The maximum absolute atomic E-state index is 5.42. The van der Waals surface area contributed by atoms with E-state index in [0.717, 1.165) is 53.2 Å². The molecule has 6 aliphatic rings. The predicted molar refractivity (Wildman–Crippen MR) is 238 cm³/mol. The van der Waals surface area contributed by atoms with Crippen molar-refractivity contribution < 1.29 is 0 Å². The van der Waals surface area contributed by atoms with Crippen molar-refractivity contribution in [3.63, 3.8) is 0 Å². The van der Waals surface area contributed by atoms with Crippen molar-refractivity contribution in [1.29, 1.82) is 0 Å². The summed E-state index contributed by atoms with van der Waals surface area (Å²) >= 11 is 2.00. The fraction of sp³-hybridized carbons (Fsp3) is 0.148. The molecule has 1 spiro atoms. The molecule has 4 atom stereocenters. The second-order valence-corrected chi connectivity index (χ2v) is 17.3. The second kappa shape index (κ2) is 12.7. The standard InChI is InChI=1S/C54H40N2S/c1-33-12-2-5-15-39(33)36-22-24-37(25-23-36)53-55-49-21-11-9-19-43(49)50(56-53)38-28-29-46-44(32-38)42-18-8-10-20-45(42)54(46)47-30-26-34-13-3-6-16-40(34)51(47)57-52-41-17-7-4-14-35(41)27-31-48(52)54/h2-10,13-20,22-34,40H,11-12,21H2,1H3. The summed E-state index contributed by atoms with van der Waals surface area (Å²) in [6.07, 6.45) is 28.4. The third kappa shape index (κ3) is 4.85. The number of aromatic nitrogens is 2. The van der Waals surface area contributed by atoms with Gasteiger partial charge in [0.05, 0.1) is 16.8 Å². The van der Waals surface area contributed by atoms with E-state index in [-0.39, 0.29) is 0 Å². The molecule has 0 N–H and O–H groups in total. The van der Waals surface area contributed by atoms with Gasteiger partial charge < -0.3 is 0 Å². The van der Waals surface area contributed by atoms with Crippen LogP contribution in [0.2, 0.25) is 0 Å². The maximum atomic E-state index is 5.42. The van der Waals surface area contributed by atoms with Crippen molar-refractivity contribution >= 4 is 34.2 Å². The Morgan fingerprint density at radius 2 is 1.49 bits per heavy atom. The molecule has 0 saturated heterocycles. The number of thioether (sulfide) groups is 1. The first-order chi connectivity index (χ1) is 28.2. The summed E-state index contributed by atoms with van der Waals surface area (Å²) in [5.41, 5.74) is 15.8. The Labute approximate surface area is 338 Å². The Kier molecular flexibility index (Phi) is 7.41. The molecule has 0 saturated carbocycles. The van der Waals surface area contributed by atoms with E-state index in [9.17, 15) is 0 Å². The summed E-state index contributed by atoms with van der Waals surface area (Å²) in [6, 6.07) is 39.0. The second-order valence-electron chi connectivity index (χ2n) is 16.3. The number of hydrogen-bond donors (Lipinski definition) is 0. The molecule has 5 aliphatic carbocycles. The first kappa shape index (κ1) is 33.1. The highest BCUT2D eigenvalue weighted by Crippen LogP contribution is 2.65. The van der Waals surface area contributed by atoms with Crippen LogP contribution >= 0.6 is 11.8 Å². The zero-order valence-electron chi connectivity index (χ0n) is 31.8. The fourth-order valence-corrected chi connectivity index (χ4v) is 12.0. The fourth-order valence-electron chi connectivity index (χ4n) is 10.5. The number of rotatable bonds is 3. The normalized spacial score (nSPS) is 23.2. The Balaban J connectivity index is 1.06. The van der Waals surface area contributed by atoms with E-state index in [1.165, 1.54) is 65.1 Å². The molecular weight excluding hydrogens is 709 g/mol. The van der Waals surface area contributed by atoms with Crippen molar-refractivity contribution in [3.8, 4) is 33.8 Å². The Bertz CT molecular complexity index is 2930. The maximum Gasteiger partial charge on any atom is 0.160 e. The van der Waals surface area contributed by atoms with Gasteiger partial charge in [0.25, 0.3) is 0 Å². The number of benzene rings is 5. The van der Waals surface area contributed by atoms with Crippen LogP contribution in [-0.2, 0) is 11.8 Å². The van der Waals surface area contributed by atoms with Crippen molar-refractivity contribution in [2.75, 3.05) is 0 Å². The topological polar surface area (TPSA) is 25.8 Å². The SMILES string of the molecule is CC1CC=CC=C1c1ccc(-c2nc3c(c(-c4ccc5c(c4)-c4ccccc4C54C5=C(Sc6c4ccc4ccccc64)C4C=CC=CC4C=C5)n2)C=CCC3)cc1. The Morgan fingerprint density at radius 3 is 2.42 bits per heavy atom. The molecule has 2 nitrogen and oxygen atoms in total. The summed E-state index contributed by atoms with van der Waals surface area (Å²) < 4.78 is 0. The molecule has 2 heterocycles. The van der Waals surface area contributed by atoms with Crippen molar-refractivity contribution in [2.45, 2.75) is 36.5 Å². The van der Waals surface area contributed by atoms with Gasteiger partial charge >= 0.3 is 0 Å². The van der Waals surface area contributed by atoms with Crippen LogP contribution in [0.4, 0.5) is 0 Å². The third-order valence-electron chi connectivity index (χ3n) is 13.2. The molecule has 4 unspecified atom stereocenters. The average Bonchev–Trinajstić information content (AvgIpc) is 3.56. The number of aryl methyl sites for hydroxylation is 1. The van der Waals surface area contributed by atoms with Crippen LogP contribution in [-0.4, -0.2) is 9.97 Å². The van der Waals surface area contributed by atoms with Gasteiger partial charge in [0, 0.05) is 38.3 Å². The van der Waals surface area contributed by atoms with Crippen LogP contribution in [0.3, 0.4) is 0 Å². The van der Waals surface area contributed by atoms with E-state index in [2.05, 4.69) is 177 Å². The van der Waals surface area contributed by atoms with E-state index in [4.69, 9.17) is 9.97 Å². The number of hydrogen-bond acceptors (Lipinski definition) is 3. The van der Waals surface area contributed by atoms with Crippen LogP contribution in [0.15, 0.2) is 179 Å². The molecule has 0 bridgehead atoms. The van der Waals surface area contributed by atoms with Crippen LogP contribution in [0, 0.1) is 17.8 Å². The summed E-state index contributed by atoms with van der Waals surface area (Å²) in [6.45, 7) is 2.31. The highest BCUT2D eigenvalue weighted by Gasteiger charge is 2.52. The van der Waals surface area contributed by atoms with Crippen LogP contribution in [0.5, 0.6) is 0 Å². The lowest BCUT2D eigenvalue weighted by Crippen LogP contribution is -2.35. The molecule has 0 fully saturated rings. The summed E-state index contributed by atoms with van der Waals surface area (Å²) in [5.74, 6) is 1.98. The van der Waals surface area contributed by atoms with Gasteiger partial charge in [0.1, 0.15) is 0 Å². The molecule has 0 radical (unpaired) electrons. The smallest absolute Gasteiger partial charge is 0.160 e. The van der Waals surface area contributed by atoms with Gasteiger partial charge in [-0.15, -0.1) is 0 Å². The average molecular weight is 749 g/mol.